The van der Waals surface area contributed by atoms with E-state index in [1.165, 1.54) is 25.7 Å². The van der Waals surface area contributed by atoms with Crippen molar-refractivity contribution in [2.45, 2.75) is 57.1 Å². The first-order valence-corrected chi connectivity index (χ1v) is 9.53. The van der Waals surface area contributed by atoms with Crippen LogP contribution in [0.4, 0.5) is 0 Å². The Hall–Kier alpha value is -0.650. The van der Waals surface area contributed by atoms with Crippen LogP contribution >= 0.6 is 0 Å². The molecule has 2 heterocycles. The minimum Gasteiger partial charge on any atom is -0.393 e. The van der Waals surface area contributed by atoms with Crippen molar-refractivity contribution in [1.29, 1.82) is 0 Å². The largest absolute Gasteiger partial charge is 0.393 e. The van der Waals surface area contributed by atoms with E-state index >= 15 is 0 Å². The van der Waals surface area contributed by atoms with Crippen LogP contribution in [0, 0.1) is 5.92 Å². The van der Waals surface area contributed by atoms with Gasteiger partial charge in [0.15, 0.2) is 0 Å². The molecule has 0 radical (unpaired) electrons. The van der Waals surface area contributed by atoms with Gasteiger partial charge in [0.05, 0.1) is 6.10 Å². The maximum absolute atomic E-state index is 12.4. The van der Waals surface area contributed by atoms with Gasteiger partial charge in [-0.15, -0.1) is 0 Å². The van der Waals surface area contributed by atoms with E-state index in [2.05, 4.69) is 16.8 Å². The first-order chi connectivity index (χ1) is 11.1. The summed E-state index contributed by atoms with van der Waals surface area (Å²) in [6.45, 7) is 5.71. The van der Waals surface area contributed by atoms with E-state index in [9.17, 15) is 9.90 Å². The van der Waals surface area contributed by atoms with Crippen LogP contribution in [0.2, 0.25) is 0 Å². The van der Waals surface area contributed by atoms with Crippen LogP contribution in [-0.2, 0) is 4.79 Å². The second-order valence-electron chi connectivity index (χ2n) is 7.70. The number of aliphatic hydroxyl groups excluding tert-OH is 1. The number of piperazine rings is 1. The molecule has 0 aromatic heterocycles. The van der Waals surface area contributed by atoms with Crippen LogP contribution in [0.25, 0.3) is 0 Å². The molecule has 132 valence electrons. The van der Waals surface area contributed by atoms with Gasteiger partial charge in [-0.05, 0) is 39.3 Å². The van der Waals surface area contributed by atoms with Gasteiger partial charge < -0.3 is 14.9 Å². The number of carbonyl (C=O) groups excluding carboxylic acids is 1. The fourth-order valence-electron chi connectivity index (χ4n) is 4.66. The molecule has 3 rings (SSSR count). The van der Waals surface area contributed by atoms with Crippen molar-refractivity contribution in [3.05, 3.63) is 0 Å². The first-order valence-electron chi connectivity index (χ1n) is 9.53. The second kappa shape index (κ2) is 7.95. The topological polar surface area (TPSA) is 47.0 Å². The van der Waals surface area contributed by atoms with E-state index in [-0.39, 0.29) is 6.10 Å². The summed E-state index contributed by atoms with van der Waals surface area (Å²) in [5.74, 6) is 0.748. The summed E-state index contributed by atoms with van der Waals surface area (Å²) in [6, 6.07) is 0.505. The Kier molecular flexibility index (Phi) is 5.94. The van der Waals surface area contributed by atoms with Crippen molar-refractivity contribution in [1.82, 2.24) is 14.7 Å². The van der Waals surface area contributed by atoms with Crippen LogP contribution in [0.5, 0.6) is 0 Å². The molecular weight excluding hydrogens is 290 g/mol. The van der Waals surface area contributed by atoms with Gasteiger partial charge in [0.25, 0.3) is 0 Å². The zero-order valence-corrected chi connectivity index (χ0v) is 14.6. The van der Waals surface area contributed by atoms with Crippen LogP contribution in [0.15, 0.2) is 0 Å². The van der Waals surface area contributed by atoms with E-state index in [1.807, 2.05) is 4.90 Å². The smallest absolute Gasteiger partial charge is 0.223 e. The van der Waals surface area contributed by atoms with Gasteiger partial charge in [-0.3, -0.25) is 9.69 Å². The molecule has 0 bridgehead atoms. The standard InChI is InChI=1S/C18H33N3O2/c1-19-11-13-21(14-12-19)18(23)8-10-20-9-4-6-16(20)15-5-2-3-7-17(15)22/h15-17,22H,2-14H2,1H3/t15-,16+,17-/m0/s1. The molecule has 0 spiro atoms. The molecule has 2 saturated heterocycles. The first kappa shape index (κ1) is 17.2. The van der Waals surface area contributed by atoms with Gasteiger partial charge in [-0.1, -0.05) is 12.8 Å². The molecular formula is C18H33N3O2. The van der Waals surface area contributed by atoms with E-state index in [0.29, 0.717) is 24.3 Å². The Morgan fingerprint density at radius 1 is 1.00 bits per heavy atom. The molecule has 0 aromatic carbocycles. The number of hydrogen-bond donors (Lipinski definition) is 1. The fourth-order valence-corrected chi connectivity index (χ4v) is 4.66. The maximum atomic E-state index is 12.4. The summed E-state index contributed by atoms with van der Waals surface area (Å²) < 4.78 is 0. The maximum Gasteiger partial charge on any atom is 0.223 e. The monoisotopic (exact) mass is 323 g/mol. The summed E-state index contributed by atoms with van der Waals surface area (Å²) in [4.78, 5) is 19.2. The van der Waals surface area contributed by atoms with Crippen molar-refractivity contribution in [3.8, 4) is 0 Å². The number of likely N-dealkylation sites (tertiary alicyclic amines) is 1. The van der Waals surface area contributed by atoms with Gasteiger partial charge in [0, 0.05) is 51.1 Å². The Morgan fingerprint density at radius 3 is 2.48 bits per heavy atom. The van der Waals surface area contributed by atoms with Crippen molar-refractivity contribution in [2.24, 2.45) is 5.92 Å². The third-order valence-electron chi connectivity index (χ3n) is 6.16. The molecule has 23 heavy (non-hydrogen) atoms. The quantitative estimate of drug-likeness (QED) is 0.844. The molecule has 3 aliphatic rings. The molecule has 1 amide bonds. The minimum absolute atomic E-state index is 0.123. The summed E-state index contributed by atoms with van der Waals surface area (Å²) in [7, 11) is 2.12. The lowest BCUT2D eigenvalue weighted by atomic mass is 9.80. The van der Waals surface area contributed by atoms with Crippen molar-refractivity contribution >= 4 is 5.91 Å². The number of hydrogen-bond acceptors (Lipinski definition) is 4. The lowest BCUT2D eigenvalue weighted by Gasteiger charge is -2.37. The van der Waals surface area contributed by atoms with Crippen LogP contribution < -0.4 is 0 Å². The van der Waals surface area contributed by atoms with Crippen molar-refractivity contribution < 1.29 is 9.90 Å². The van der Waals surface area contributed by atoms with Gasteiger partial charge in [0.2, 0.25) is 5.91 Å². The molecule has 2 aliphatic heterocycles. The van der Waals surface area contributed by atoms with Crippen LogP contribution in [-0.4, -0.2) is 84.2 Å². The predicted molar refractivity (Wildman–Crippen MR) is 91.3 cm³/mol. The highest BCUT2D eigenvalue weighted by atomic mass is 16.3. The normalized spacial score (nSPS) is 34.0. The third kappa shape index (κ3) is 4.25. The summed E-state index contributed by atoms with van der Waals surface area (Å²) in [6.07, 6.45) is 7.50. The second-order valence-corrected chi connectivity index (χ2v) is 7.70. The van der Waals surface area contributed by atoms with Crippen molar-refractivity contribution in [2.75, 3.05) is 46.3 Å². The number of carbonyl (C=O) groups is 1. The predicted octanol–water partition coefficient (Wildman–Crippen LogP) is 1.17. The zero-order valence-electron chi connectivity index (χ0n) is 14.6. The molecule has 1 N–H and O–H groups in total. The molecule has 5 nitrogen and oxygen atoms in total. The Balaban J connectivity index is 1.48. The molecule has 3 fully saturated rings. The minimum atomic E-state index is -0.123. The third-order valence-corrected chi connectivity index (χ3v) is 6.16. The van der Waals surface area contributed by atoms with Gasteiger partial charge in [-0.25, -0.2) is 0 Å². The molecule has 0 unspecified atom stereocenters. The highest BCUT2D eigenvalue weighted by Gasteiger charge is 2.36. The van der Waals surface area contributed by atoms with Crippen LogP contribution in [0.3, 0.4) is 0 Å². The summed E-state index contributed by atoms with van der Waals surface area (Å²) >= 11 is 0. The lowest BCUT2D eigenvalue weighted by Crippen LogP contribution is -2.48. The average molecular weight is 323 g/mol. The van der Waals surface area contributed by atoms with Crippen LogP contribution in [0.1, 0.15) is 44.9 Å². The SMILES string of the molecule is CN1CCN(C(=O)CCN2CCC[C@@H]2[C@@H]2CCCC[C@@H]2O)CC1. The summed E-state index contributed by atoms with van der Waals surface area (Å²) in [5, 5.41) is 10.3. The van der Waals surface area contributed by atoms with E-state index in [4.69, 9.17) is 0 Å². The van der Waals surface area contributed by atoms with E-state index < -0.39 is 0 Å². The number of nitrogens with zero attached hydrogens (tertiary/aromatic N) is 3. The number of aliphatic hydroxyl groups is 1. The zero-order chi connectivity index (χ0) is 16.2. The molecule has 1 aliphatic carbocycles. The van der Waals surface area contributed by atoms with Crippen molar-refractivity contribution in [3.63, 3.8) is 0 Å². The highest BCUT2D eigenvalue weighted by molar-refractivity contribution is 5.76. The Morgan fingerprint density at radius 2 is 1.74 bits per heavy atom. The molecule has 5 heteroatoms. The summed E-state index contributed by atoms with van der Waals surface area (Å²) in [5.41, 5.74) is 0. The lowest BCUT2D eigenvalue weighted by molar-refractivity contribution is -0.133. The van der Waals surface area contributed by atoms with Gasteiger partial charge >= 0.3 is 0 Å². The van der Waals surface area contributed by atoms with E-state index in [1.54, 1.807) is 0 Å². The molecule has 0 aromatic rings. The number of amides is 1. The Labute approximate surface area is 140 Å². The number of likely N-dealkylation sites (N-methyl/N-ethyl adjacent to an activating group) is 1. The molecule has 1 saturated carbocycles. The molecule has 3 atom stereocenters. The van der Waals surface area contributed by atoms with Gasteiger partial charge in [0.1, 0.15) is 0 Å². The van der Waals surface area contributed by atoms with E-state index in [0.717, 1.165) is 52.1 Å². The average Bonchev–Trinajstić information content (AvgIpc) is 3.02. The number of rotatable bonds is 4. The Bertz CT molecular complexity index is 396. The van der Waals surface area contributed by atoms with Gasteiger partial charge in [-0.2, -0.15) is 0 Å². The fraction of sp³-hybridized carbons (Fsp3) is 0.944. The highest BCUT2D eigenvalue weighted by Crippen LogP contribution is 2.34.